The summed E-state index contributed by atoms with van der Waals surface area (Å²) < 4.78 is 14.7. The molecule has 8 heteroatoms. The molecule has 3 aromatic rings. The lowest BCUT2D eigenvalue weighted by atomic mass is 10.2. The number of halogens is 2. The van der Waals surface area contributed by atoms with Crippen LogP contribution in [0.2, 0.25) is 0 Å². The van der Waals surface area contributed by atoms with Gasteiger partial charge in [0.15, 0.2) is 11.6 Å². The summed E-state index contributed by atoms with van der Waals surface area (Å²) in [6, 6.07) is 10.1. The Labute approximate surface area is 158 Å². The van der Waals surface area contributed by atoms with Gasteiger partial charge in [-0.3, -0.25) is 0 Å². The summed E-state index contributed by atoms with van der Waals surface area (Å²) >= 11 is 3.21. The number of piperazine rings is 1. The highest BCUT2D eigenvalue weighted by Gasteiger charge is 2.38. The Morgan fingerprint density at radius 1 is 1.23 bits per heavy atom. The summed E-state index contributed by atoms with van der Waals surface area (Å²) in [7, 11) is 0. The van der Waals surface area contributed by atoms with Crippen molar-refractivity contribution >= 4 is 44.3 Å². The lowest BCUT2D eigenvalue weighted by molar-refractivity contribution is 0.577. The van der Waals surface area contributed by atoms with E-state index < -0.39 is 0 Å². The first-order chi connectivity index (χ1) is 12.7. The predicted octanol–water partition coefficient (Wildman–Crippen LogP) is 3.22. The molecule has 2 N–H and O–H groups in total. The van der Waals surface area contributed by atoms with Gasteiger partial charge in [-0.15, -0.1) is 0 Å². The molecule has 6 nitrogen and oxygen atoms in total. The molecule has 26 heavy (non-hydrogen) atoms. The van der Waals surface area contributed by atoms with Crippen LogP contribution in [0.25, 0.3) is 11.0 Å². The molecule has 2 bridgehead atoms. The van der Waals surface area contributed by atoms with Gasteiger partial charge in [-0.2, -0.15) is 0 Å². The third-order valence-corrected chi connectivity index (χ3v) is 5.64. The Balaban J connectivity index is 1.55. The number of pyridine rings is 1. The number of nitrogens with one attached hydrogen (secondary N) is 2. The first-order valence-corrected chi connectivity index (χ1v) is 9.31. The van der Waals surface area contributed by atoms with Crippen LogP contribution >= 0.6 is 15.9 Å². The van der Waals surface area contributed by atoms with Gasteiger partial charge in [0.05, 0.1) is 15.7 Å². The molecule has 1 aromatic carbocycles. The van der Waals surface area contributed by atoms with E-state index in [0.717, 1.165) is 30.8 Å². The third kappa shape index (κ3) is 2.60. The molecular weight excluding hydrogens is 399 g/mol. The fourth-order valence-corrected chi connectivity index (χ4v) is 4.12. The summed E-state index contributed by atoms with van der Waals surface area (Å²) in [6.45, 7) is 1.95. The Morgan fingerprint density at radius 3 is 2.96 bits per heavy atom. The van der Waals surface area contributed by atoms with Crippen LogP contribution in [-0.2, 0) is 0 Å². The number of aromatic nitrogens is 3. The summed E-state index contributed by atoms with van der Waals surface area (Å²) in [5.41, 5.74) is 1.71. The number of hydrogen-bond acceptors (Lipinski definition) is 6. The molecule has 0 spiro atoms. The predicted molar refractivity (Wildman–Crippen MR) is 102 cm³/mol. The van der Waals surface area contributed by atoms with E-state index in [-0.39, 0.29) is 5.82 Å². The SMILES string of the molecule is Fc1c(Br)cccc1Nc1ncnc2ccc(N3C[C@@H]4C[C@H]3CN4)nc12. The first kappa shape index (κ1) is 15.9. The number of fused-ring (bicyclic) bond motifs is 3. The van der Waals surface area contributed by atoms with Gasteiger partial charge >= 0.3 is 0 Å². The summed E-state index contributed by atoms with van der Waals surface area (Å²) in [5.74, 6) is 1.05. The molecule has 2 fully saturated rings. The largest absolute Gasteiger partial charge is 0.351 e. The standard InChI is InChI=1S/C18H16BrFN6/c19-12-2-1-3-13(16(12)20)24-18-17-14(22-9-23-18)4-5-15(25-17)26-8-10-6-11(26)7-21-10/h1-5,9-11,21H,6-8H2,(H,22,23,24)/t10-,11-/m0/s1. The van der Waals surface area contributed by atoms with Gasteiger partial charge in [0.25, 0.3) is 0 Å². The molecule has 0 radical (unpaired) electrons. The maximum Gasteiger partial charge on any atom is 0.160 e. The van der Waals surface area contributed by atoms with Crippen molar-refractivity contribution in [1.82, 2.24) is 20.3 Å². The number of nitrogens with zero attached hydrogens (tertiary/aromatic N) is 4. The minimum Gasteiger partial charge on any atom is -0.351 e. The highest BCUT2D eigenvalue weighted by Crippen LogP contribution is 2.31. The minimum atomic E-state index is -0.363. The fraction of sp³-hybridized carbons (Fsp3) is 0.278. The van der Waals surface area contributed by atoms with Gasteiger partial charge in [0.2, 0.25) is 0 Å². The molecule has 2 aliphatic heterocycles. The van der Waals surface area contributed by atoms with Crippen molar-refractivity contribution in [2.75, 3.05) is 23.3 Å². The molecule has 0 unspecified atom stereocenters. The molecule has 2 atom stereocenters. The van der Waals surface area contributed by atoms with Crippen molar-refractivity contribution < 1.29 is 4.39 Å². The second-order valence-electron chi connectivity index (χ2n) is 6.63. The summed E-state index contributed by atoms with van der Waals surface area (Å²) in [5, 5.41) is 6.55. The zero-order valence-corrected chi connectivity index (χ0v) is 15.4. The highest BCUT2D eigenvalue weighted by molar-refractivity contribution is 9.10. The molecule has 0 amide bonds. The van der Waals surface area contributed by atoms with Gasteiger partial charge < -0.3 is 15.5 Å². The molecule has 2 aromatic heterocycles. The van der Waals surface area contributed by atoms with E-state index in [1.165, 1.54) is 6.33 Å². The number of anilines is 3. The van der Waals surface area contributed by atoms with Crippen molar-refractivity contribution in [1.29, 1.82) is 0 Å². The summed E-state index contributed by atoms with van der Waals surface area (Å²) in [4.78, 5) is 15.7. The van der Waals surface area contributed by atoms with Crippen LogP contribution in [0.3, 0.4) is 0 Å². The van der Waals surface area contributed by atoms with E-state index >= 15 is 0 Å². The maximum atomic E-state index is 14.3. The Bertz CT molecular complexity index is 997. The monoisotopic (exact) mass is 414 g/mol. The normalized spacial score (nSPS) is 21.5. The molecule has 0 aliphatic carbocycles. The first-order valence-electron chi connectivity index (χ1n) is 8.52. The van der Waals surface area contributed by atoms with Crippen molar-refractivity contribution in [2.45, 2.75) is 18.5 Å². The Morgan fingerprint density at radius 2 is 2.15 bits per heavy atom. The number of rotatable bonds is 3. The van der Waals surface area contributed by atoms with Crippen LogP contribution in [0.4, 0.5) is 21.7 Å². The van der Waals surface area contributed by atoms with Gasteiger partial charge in [0.1, 0.15) is 17.7 Å². The molecule has 132 valence electrons. The molecule has 4 heterocycles. The third-order valence-electron chi connectivity index (χ3n) is 5.02. The quantitative estimate of drug-likeness (QED) is 0.685. The van der Waals surface area contributed by atoms with Crippen LogP contribution < -0.4 is 15.5 Å². The minimum absolute atomic E-state index is 0.344. The number of hydrogen-bond donors (Lipinski definition) is 2. The average Bonchev–Trinajstić information content (AvgIpc) is 3.29. The molecule has 2 saturated heterocycles. The van der Waals surface area contributed by atoms with Crippen LogP contribution in [0.1, 0.15) is 6.42 Å². The van der Waals surface area contributed by atoms with E-state index in [1.807, 2.05) is 12.1 Å². The molecular formula is C18H16BrFN6. The highest BCUT2D eigenvalue weighted by atomic mass is 79.9. The van der Waals surface area contributed by atoms with E-state index in [9.17, 15) is 4.39 Å². The van der Waals surface area contributed by atoms with Crippen LogP contribution in [0.15, 0.2) is 41.1 Å². The lowest BCUT2D eigenvalue weighted by Crippen LogP contribution is -2.44. The van der Waals surface area contributed by atoms with Crippen LogP contribution in [0, 0.1) is 5.82 Å². The van der Waals surface area contributed by atoms with Gasteiger partial charge in [-0.25, -0.2) is 19.3 Å². The van der Waals surface area contributed by atoms with E-state index in [4.69, 9.17) is 4.98 Å². The zero-order chi connectivity index (χ0) is 17.7. The number of benzene rings is 1. The van der Waals surface area contributed by atoms with Crippen LogP contribution in [-0.4, -0.2) is 40.1 Å². The molecule has 5 rings (SSSR count). The Kier molecular flexibility index (Phi) is 3.75. The molecule has 2 aliphatic rings. The zero-order valence-electron chi connectivity index (χ0n) is 13.8. The summed E-state index contributed by atoms with van der Waals surface area (Å²) in [6.07, 6.45) is 2.61. The fourth-order valence-electron chi connectivity index (χ4n) is 3.75. The van der Waals surface area contributed by atoms with E-state index in [2.05, 4.69) is 41.4 Å². The second-order valence-corrected chi connectivity index (χ2v) is 7.49. The molecule has 0 saturated carbocycles. The van der Waals surface area contributed by atoms with E-state index in [1.54, 1.807) is 18.2 Å². The van der Waals surface area contributed by atoms with Crippen LogP contribution in [0.5, 0.6) is 0 Å². The van der Waals surface area contributed by atoms with Gasteiger partial charge in [0, 0.05) is 25.2 Å². The van der Waals surface area contributed by atoms with Gasteiger partial charge in [-0.1, -0.05) is 6.07 Å². The second kappa shape index (κ2) is 6.14. The smallest absolute Gasteiger partial charge is 0.160 e. The van der Waals surface area contributed by atoms with Crippen molar-refractivity contribution in [3.05, 3.63) is 46.9 Å². The van der Waals surface area contributed by atoms with Crippen molar-refractivity contribution in [3.8, 4) is 0 Å². The topological polar surface area (TPSA) is 66.0 Å². The van der Waals surface area contributed by atoms with Crippen molar-refractivity contribution in [3.63, 3.8) is 0 Å². The lowest BCUT2D eigenvalue weighted by Gasteiger charge is -2.28. The maximum absolute atomic E-state index is 14.3. The van der Waals surface area contributed by atoms with Crippen molar-refractivity contribution in [2.24, 2.45) is 0 Å². The average molecular weight is 415 g/mol. The Hall–Kier alpha value is -2.32. The van der Waals surface area contributed by atoms with Gasteiger partial charge in [-0.05, 0) is 46.6 Å². The van der Waals surface area contributed by atoms with E-state index in [0.29, 0.717) is 33.6 Å².